The van der Waals surface area contributed by atoms with Crippen LogP contribution in [0.15, 0.2) is 29.6 Å². The number of fused-ring (bicyclic) bond motifs is 1. The number of benzene rings is 1. The number of aromatic amines is 1. The molecule has 2 heterocycles. The second-order valence-corrected chi connectivity index (χ2v) is 6.67. The van der Waals surface area contributed by atoms with Crippen molar-refractivity contribution in [3.05, 3.63) is 41.2 Å². The van der Waals surface area contributed by atoms with Gasteiger partial charge in [0.2, 0.25) is 0 Å². The van der Waals surface area contributed by atoms with E-state index >= 15 is 0 Å². The Labute approximate surface area is 150 Å². The first-order chi connectivity index (χ1) is 12.7. The Bertz CT molecular complexity index is 1020. The number of hydrogen-bond donors (Lipinski definition) is 2. The average Bonchev–Trinajstić information content (AvgIpc) is 3.05. The van der Waals surface area contributed by atoms with Gasteiger partial charge in [0.25, 0.3) is 0 Å². The van der Waals surface area contributed by atoms with Gasteiger partial charge in [0.05, 0.1) is 56.8 Å². The first-order valence-electron chi connectivity index (χ1n) is 8.42. The van der Waals surface area contributed by atoms with Crippen molar-refractivity contribution in [2.24, 2.45) is 0 Å². The maximum absolute atomic E-state index is 12.8. The zero-order valence-corrected chi connectivity index (χ0v) is 14.8. The number of ether oxygens (including phenoxy) is 2. The molecule has 0 aliphatic rings. The van der Waals surface area contributed by atoms with Crippen molar-refractivity contribution in [1.29, 1.82) is 0 Å². The van der Waals surface area contributed by atoms with Crippen LogP contribution in [0.5, 0.6) is 11.5 Å². The molecule has 0 saturated carbocycles. The summed E-state index contributed by atoms with van der Waals surface area (Å²) in [6, 6.07) is 5.32. The number of hydrogen-bond acceptors (Lipinski definition) is 6. The predicted molar refractivity (Wildman–Crippen MR) is 94.2 cm³/mol. The number of methoxy groups -OCH3 is 2. The standard InChI is InChI=1S/C17H19N3O4S/c1-10-15(18-7-11(8-21)16(10)24-3)9-25(22)17-19-13-5-4-12(23-2)6-14(13)20-17/h4-7,21H,8-9H2,1-3H3,(H,19,20)/i8D2,17+1. The van der Waals surface area contributed by atoms with E-state index in [2.05, 4.69) is 15.0 Å². The summed E-state index contributed by atoms with van der Waals surface area (Å²) in [7, 11) is 1.44. The third-order valence-electron chi connectivity index (χ3n) is 3.84. The van der Waals surface area contributed by atoms with Gasteiger partial charge in [0.15, 0.2) is 5.16 Å². The van der Waals surface area contributed by atoms with Crippen LogP contribution < -0.4 is 9.47 Å². The predicted octanol–water partition coefficient (Wildman–Crippen LogP) is 2.08. The van der Waals surface area contributed by atoms with E-state index in [1.54, 1.807) is 32.2 Å². The molecule has 2 N–H and O–H groups in total. The molecule has 0 fully saturated rings. The highest BCUT2D eigenvalue weighted by molar-refractivity contribution is 7.84. The van der Waals surface area contributed by atoms with E-state index < -0.39 is 17.4 Å². The van der Waals surface area contributed by atoms with E-state index in [0.29, 0.717) is 33.2 Å². The molecular formula is C17H19N3O4S. The minimum absolute atomic E-state index is 0.0634. The van der Waals surface area contributed by atoms with Crippen LogP contribution in [0.2, 0.25) is 0 Å². The molecule has 0 aliphatic carbocycles. The molecule has 0 radical (unpaired) electrons. The highest BCUT2D eigenvalue weighted by Crippen LogP contribution is 2.27. The maximum Gasteiger partial charge on any atom is 0.197 e. The molecular weight excluding hydrogens is 343 g/mol. The second-order valence-electron chi connectivity index (χ2n) is 5.30. The molecule has 25 heavy (non-hydrogen) atoms. The van der Waals surface area contributed by atoms with Gasteiger partial charge < -0.3 is 19.6 Å². The summed E-state index contributed by atoms with van der Waals surface area (Å²) in [5.74, 6) is 0.909. The molecule has 2 aromatic heterocycles. The van der Waals surface area contributed by atoms with Crippen LogP contribution in [0.4, 0.5) is 0 Å². The van der Waals surface area contributed by atoms with Crippen molar-refractivity contribution < 1.29 is 21.5 Å². The zero-order valence-electron chi connectivity index (χ0n) is 16.0. The number of H-pyrrole nitrogens is 1. The van der Waals surface area contributed by atoms with Gasteiger partial charge in [-0.3, -0.25) is 9.19 Å². The van der Waals surface area contributed by atoms with Crippen molar-refractivity contribution >= 4 is 21.8 Å². The van der Waals surface area contributed by atoms with Gasteiger partial charge >= 0.3 is 0 Å². The molecule has 3 aromatic rings. The Kier molecular flexibility index (Phi) is 4.28. The highest BCUT2D eigenvalue weighted by atomic mass is 32.2. The topological polar surface area (TPSA) is 97.3 Å². The van der Waals surface area contributed by atoms with Crippen LogP contribution >= 0.6 is 0 Å². The molecule has 132 valence electrons. The number of imidazole rings is 1. The van der Waals surface area contributed by atoms with E-state index in [4.69, 9.17) is 12.2 Å². The maximum atomic E-state index is 12.8. The Morgan fingerprint density at radius 1 is 1.36 bits per heavy atom. The Morgan fingerprint density at radius 3 is 2.84 bits per heavy atom. The number of nitrogens with one attached hydrogen (secondary N) is 1. The first-order valence-corrected chi connectivity index (χ1v) is 8.74. The van der Waals surface area contributed by atoms with Crippen molar-refractivity contribution in [2.45, 2.75) is 24.4 Å². The van der Waals surface area contributed by atoms with E-state index in [9.17, 15) is 9.32 Å². The lowest BCUT2D eigenvalue weighted by Gasteiger charge is -2.12. The van der Waals surface area contributed by atoms with Crippen LogP contribution in [-0.4, -0.2) is 38.5 Å². The van der Waals surface area contributed by atoms with E-state index in [-0.39, 0.29) is 17.1 Å². The van der Waals surface area contributed by atoms with E-state index in [1.165, 1.54) is 13.3 Å². The molecule has 0 aliphatic heterocycles. The van der Waals surface area contributed by atoms with Crippen LogP contribution in [0.1, 0.15) is 19.6 Å². The fourth-order valence-corrected chi connectivity index (χ4v) is 3.61. The van der Waals surface area contributed by atoms with Crippen molar-refractivity contribution in [3.8, 4) is 11.5 Å². The summed E-state index contributed by atoms with van der Waals surface area (Å²) in [5, 5.41) is 9.93. The summed E-state index contributed by atoms with van der Waals surface area (Å²) in [5.41, 5.74) is 2.29. The minimum Gasteiger partial charge on any atom is -0.497 e. The third kappa shape index (κ3) is 3.35. The summed E-state index contributed by atoms with van der Waals surface area (Å²) in [6.45, 7) is -0.907. The minimum atomic E-state index is -2.58. The zero-order chi connectivity index (χ0) is 19.8. The van der Waals surface area contributed by atoms with Gasteiger partial charge in [-0.2, -0.15) is 0 Å². The second kappa shape index (κ2) is 7.20. The van der Waals surface area contributed by atoms with Crippen LogP contribution in [0.25, 0.3) is 11.0 Å². The lowest BCUT2D eigenvalue weighted by atomic mass is 10.1. The monoisotopic (exact) mass is 364 g/mol. The van der Waals surface area contributed by atoms with Crippen molar-refractivity contribution in [1.82, 2.24) is 15.0 Å². The van der Waals surface area contributed by atoms with Gasteiger partial charge in [-0.1, -0.05) is 0 Å². The number of nitrogens with zero attached hydrogens (tertiary/aromatic N) is 2. The van der Waals surface area contributed by atoms with E-state index in [1.807, 2.05) is 0 Å². The largest absolute Gasteiger partial charge is 0.497 e. The molecule has 1 aromatic carbocycles. The van der Waals surface area contributed by atoms with Crippen LogP contribution in [-0.2, 0) is 23.1 Å². The lowest BCUT2D eigenvalue weighted by Crippen LogP contribution is -2.06. The SMILES string of the molecule is [2H]C([2H])(O)c1cnc(CS(=O)[13c]2nc3ccc(OC)cc3[nH]2)c(C)c1OC. The molecule has 1 atom stereocenters. The van der Waals surface area contributed by atoms with Crippen molar-refractivity contribution in [2.75, 3.05) is 14.2 Å². The lowest BCUT2D eigenvalue weighted by molar-refractivity contribution is 0.272. The average molecular weight is 364 g/mol. The highest BCUT2D eigenvalue weighted by Gasteiger charge is 2.17. The molecule has 0 bridgehead atoms. The molecule has 3 rings (SSSR count). The molecule has 0 saturated heterocycles. The Balaban J connectivity index is 1.92. The number of aromatic nitrogens is 3. The van der Waals surface area contributed by atoms with Gasteiger partial charge in [-0.15, -0.1) is 0 Å². The number of rotatable bonds is 6. The van der Waals surface area contributed by atoms with Gasteiger partial charge in [-0.05, 0) is 19.1 Å². The summed E-state index contributed by atoms with van der Waals surface area (Å²) >= 11 is 0. The fraction of sp³-hybridized carbons (Fsp3) is 0.294. The van der Waals surface area contributed by atoms with Gasteiger partial charge in [-0.25, -0.2) is 4.98 Å². The summed E-state index contributed by atoms with van der Waals surface area (Å²) in [4.78, 5) is 11.5. The molecule has 7 nitrogen and oxygen atoms in total. The Hall–Kier alpha value is -2.45. The van der Waals surface area contributed by atoms with Crippen molar-refractivity contribution in [3.63, 3.8) is 0 Å². The number of pyridine rings is 1. The normalized spacial score (nSPS) is 14.1. The first kappa shape index (κ1) is 14.9. The molecule has 0 spiro atoms. The number of aliphatic hydroxyl groups is 1. The molecule has 1 unspecified atom stereocenters. The van der Waals surface area contributed by atoms with Crippen LogP contribution in [0.3, 0.4) is 0 Å². The summed E-state index contributed by atoms with van der Waals surface area (Å²) < 4.78 is 38.1. The molecule has 8 heteroatoms. The third-order valence-corrected chi connectivity index (χ3v) is 5.00. The molecule has 0 amide bonds. The van der Waals surface area contributed by atoms with E-state index in [0.717, 1.165) is 0 Å². The Morgan fingerprint density at radius 2 is 2.16 bits per heavy atom. The fourth-order valence-electron chi connectivity index (χ4n) is 2.51. The quantitative estimate of drug-likeness (QED) is 0.695. The van der Waals surface area contributed by atoms with Gasteiger partial charge in [0.1, 0.15) is 11.5 Å². The summed E-state index contributed by atoms with van der Waals surface area (Å²) in [6.07, 6.45) is 1.20. The van der Waals surface area contributed by atoms with Crippen LogP contribution in [0, 0.1) is 6.92 Å². The van der Waals surface area contributed by atoms with Gasteiger partial charge in [0, 0.05) is 23.4 Å². The smallest absolute Gasteiger partial charge is 0.197 e.